The molecule has 0 aliphatic rings. The third kappa shape index (κ3) is 2.64. The molecule has 0 saturated heterocycles. The molecule has 19 heavy (non-hydrogen) atoms. The van der Waals surface area contributed by atoms with Gasteiger partial charge < -0.3 is 9.52 Å². The van der Waals surface area contributed by atoms with Gasteiger partial charge in [0.15, 0.2) is 0 Å². The van der Waals surface area contributed by atoms with Crippen LogP contribution in [-0.4, -0.2) is 5.11 Å². The minimum atomic E-state index is 0.238. The molecule has 0 saturated carbocycles. The number of benzene rings is 2. The van der Waals surface area contributed by atoms with Gasteiger partial charge in [0.25, 0.3) is 0 Å². The van der Waals surface area contributed by atoms with Crippen LogP contribution in [-0.2, 0) is 0 Å². The minimum absolute atomic E-state index is 0.238. The first-order valence-electron chi connectivity index (χ1n) is 5.87. The third-order valence-electron chi connectivity index (χ3n) is 2.83. The summed E-state index contributed by atoms with van der Waals surface area (Å²) in [4.78, 5) is 0. The fourth-order valence-electron chi connectivity index (χ4n) is 1.89. The zero-order chi connectivity index (χ0) is 13.2. The molecule has 1 heterocycles. The molecule has 0 aliphatic carbocycles. The van der Waals surface area contributed by atoms with Crippen molar-refractivity contribution in [1.29, 1.82) is 0 Å². The Balaban J connectivity index is 1.90. The number of phenols is 1. The zero-order valence-electron chi connectivity index (χ0n) is 10.0. The minimum Gasteiger partial charge on any atom is -0.508 e. The van der Waals surface area contributed by atoms with Crippen molar-refractivity contribution >= 4 is 34.7 Å². The van der Waals surface area contributed by atoms with Crippen molar-refractivity contribution in [3.63, 3.8) is 0 Å². The van der Waals surface area contributed by atoms with Crippen molar-refractivity contribution in [2.45, 2.75) is 0 Å². The molecule has 0 aliphatic heterocycles. The van der Waals surface area contributed by atoms with Gasteiger partial charge in [0.1, 0.15) is 17.1 Å². The van der Waals surface area contributed by atoms with Crippen LogP contribution >= 0.6 is 11.6 Å². The monoisotopic (exact) mass is 270 g/mol. The Morgan fingerprint density at radius 1 is 0.947 bits per heavy atom. The summed E-state index contributed by atoms with van der Waals surface area (Å²) in [5.41, 5.74) is 1.81. The number of rotatable bonds is 2. The molecule has 1 N–H and O–H groups in total. The summed E-state index contributed by atoms with van der Waals surface area (Å²) >= 11 is 5.83. The van der Waals surface area contributed by atoms with Crippen LogP contribution < -0.4 is 0 Å². The second-order valence-electron chi connectivity index (χ2n) is 4.26. The molecule has 0 atom stereocenters. The fourth-order valence-corrected chi connectivity index (χ4v) is 2.01. The maximum atomic E-state index is 9.40. The Morgan fingerprint density at radius 3 is 2.53 bits per heavy atom. The molecule has 2 aromatic carbocycles. The second kappa shape index (κ2) is 4.82. The Kier molecular flexibility index (Phi) is 3.02. The molecule has 3 aromatic rings. The van der Waals surface area contributed by atoms with Crippen LogP contribution in [0.4, 0.5) is 0 Å². The van der Waals surface area contributed by atoms with E-state index in [1.54, 1.807) is 18.2 Å². The molecule has 2 nitrogen and oxygen atoms in total. The Bertz CT molecular complexity index is 739. The van der Waals surface area contributed by atoms with Gasteiger partial charge in [-0.05, 0) is 48.0 Å². The summed E-state index contributed by atoms with van der Waals surface area (Å²) in [7, 11) is 0. The molecule has 94 valence electrons. The quantitative estimate of drug-likeness (QED) is 0.714. The number of phenolic OH excluding ortho intramolecular Hbond substituents is 1. The van der Waals surface area contributed by atoms with Crippen molar-refractivity contribution in [2.24, 2.45) is 0 Å². The summed E-state index contributed by atoms with van der Waals surface area (Å²) in [6, 6.07) is 14.5. The highest BCUT2D eigenvalue weighted by Gasteiger charge is 2.01. The van der Waals surface area contributed by atoms with Gasteiger partial charge >= 0.3 is 0 Å². The van der Waals surface area contributed by atoms with Crippen LogP contribution in [0.3, 0.4) is 0 Å². The molecule has 0 spiro atoms. The van der Waals surface area contributed by atoms with Gasteiger partial charge in [-0.2, -0.15) is 0 Å². The highest BCUT2D eigenvalue weighted by atomic mass is 35.5. The van der Waals surface area contributed by atoms with E-state index in [1.165, 1.54) is 0 Å². The number of fused-ring (bicyclic) bond motifs is 1. The molecule has 0 fully saturated rings. The first-order chi connectivity index (χ1) is 9.20. The van der Waals surface area contributed by atoms with Crippen LogP contribution in [0.25, 0.3) is 23.1 Å². The second-order valence-corrected chi connectivity index (χ2v) is 4.69. The number of hydrogen-bond donors (Lipinski definition) is 1. The molecule has 0 unspecified atom stereocenters. The number of halogens is 1. The number of hydrogen-bond acceptors (Lipinski definition) is 2. The summed E-state index contributed by atoms with van der Waals surface area (Å²) in [6.45, 7) is 0. The average Bonchev–Trinajstić information content (AvgIpc) is 2.80. The van der Waals surface area contributed by atoms with E-state index in [-0.39, 0.29) is 5.75 Å². The summed E-state index contributed by atoms with van der Waals surface area (Å²) < 4.78 is 5.64. The SMILES string of the molecule is Oc1ccc2oc(C=Cc3ccc(Cl)cc3)cc2c1. The van der Waals surface area contributed by atoms with Crippen LogP contribution in [0.15, 0.2) is 52.9 Å². The van der Waals surface area contributed by atoms with E-state index in [9.17, 15) is 5.11 Å². The fraction of sp³-hybridized carbons (Fsp3) is 0. The summed E-state index contributed by atoms with van der Waals surface area (Å²) in [5, 5.41) is 11.0. The van der Waals surface area contributed by atoms with E-state index < -0.39 is 0 Å². The van der Waals surface area contributed by atoms with Crippen LogP contribution in [0.5, 0.6) is 5.75 Å². The van der Waals surface area contributed by atoms with Crippen LogP contribution in [0.2, 0.25) is 5.02 Å². The lowest BCUT2D eigenvalue weighted by molar-refractivity contribution is 0.476. The highest BCUT2D eigenvalue weighted by Crippen LogP contribution is 2.24. The molecule has 3 heteroatoms. The van der Waals surface area contributed by atoms with Gasteiger partial charge in [-0.15, -0.1) is 0 Å². The van der Waals surface area contributed by atoms with E-state index in [0.29, 0.717) is 0 Å². The third-order valence-corrected chi connectivity index (χ3v) is 3.08. The first kappa shape index (κ1) is 11.9. The van der Waals surface area contributed by atoms with Crippen LogP contribution in [0.1, 0.15) is 11.3 Å². The van der Waals surface area contributed by atoms with E-state index in [1.807, 2.05) is 42.5 Å². The number of furan rings is 1. The van der Waals surface area contributed by atoms with Gasteiger partial charge in [0.2, 0.25) is 0 Å². The van der Waals surface area contributed by atoms with Gasteiger partial charge in [0.05, 0.1) is 0 Å². The average molecular weight is 271 g/mol. The highest BCUT2D eigenvalue weighted by molar-refractivity contribution is 6.30. The summed E-state index contributed by atoms with van der Waals surface area (Å²) in [6.07, 6.45) is 3.84. The molecule has 0 amide bonds. The van der Waals surface area contributed by atoms with E-state index in [2.05, 4.69) is 0 Å². The Morgan fingerprint density at radius 2 is 1.74 bits per heavy atom. The van der Waals surface area contributed by atoms with E-state index in [4.69, 9.17) is 16.0 Å². The normalized spacial score (nSPS) is 11.4. The predicted octanol–water partition coefficient (Wildman–Crippen LogP) is 4.96. The van der Waals surface area contributed by atoms with Crippen molar-refractivity contribution < 1.29 is 9.52 Å². The molecule has 0 bridgehead atoms. The molecule has 0 radical (unpaired) electrons. The number of aromatic hydroxyl groups is 1. The van der Waals surface area contributed by atoms with Crippen LogP contribution in [0, 0.1) is 0 Å². The maximum Gasteiger partial charge on any atom is 0.135 e. The van der Waals surface area contributed by atoms with E-state index in [0.717, 1.165) is 27.3 Å². The smallest absolute Gasteiger partial charge is 0.135 e. The largest absolute Gasteiger partial charge is 0.508 e. The van der Waals surface area contributed by atoms with Gasteiger partial charge in [-0.3, -0.25) is 0 Å². The maximum absolute atomic E-state index is 9.40. The van der Waals surface area contributed by atoms with Crippen molar-refractivity contribution in [2.75, 3.05) is 0 Å². The topological polar surface area (TPSA) is 33.4 Å². The molecular formula is C16H11ClO2. The lowest BCUT2D eigenvalue weighted by Crippen LogP contribution is -1.70. The standard InChI is InChI=1S/C16H11ClO2/c17-13-4-1-11(2-5-13)3-7-15-10-12-9-14(18)6-8-16(12)19-15/h1-10,18H. The lowest BCUT2D eigenvalue weighted by atomic mass is 10.2. The van der Waals surface area contributed by atoms with Gasteiger partial charge in [-0.25, -0.2) is 0 Å². The molecule has 1 aromatic heterocycles. The van der Waals surface area contributed by atoms with Gasteiger partial charge in [0, 0.05) is 10.4 Å². The zero-order valence-corrected chi connectivity index (χ0v) is 10.8. The van der Waals surface area contributed by atoms with Crippen molar-refractivity contribution in [3.05, 3.63) is 64.9 Å². The van der Waals surface area contributed by atoms with E-state index >= 15 is 0 Å². The summed E-state index contributed by atoms with van der Waals surface area (Å²) in [5.74, 6) is 0.983. The Hall–Kier alpha value is -2.19. The van der Waals surface area contributed by atoms with Crippen molar-refractivity contribution in [1.82, 2.24) is 0 Å². The first-order valence-corrected chi connectivity index (χ1v) is 6.25. The Labute approximate surface area is 115 Å². The molecular weight excluding hydrogens is 260 g/mol. The van der Waals surface area contributed by atoms with Crippen molar-refractivity contribution in [3.8, 4) is 5.75 Å². The predicted molar refractivity (Wildman–Crippen MR) is 78.3 cm³/mol. The molecule has 3 rings (SSSR count). The van der Waals surface area contributed by atoms with Gasteiger partial charge in [-0.1, -0.05) is 29.8 Å². The lowest BCUT2D eigenvalue weighted by Gasteiger charge is -1.92.